The third-order valence-electron chi connectivity index (χ3n) is 4.15. The molecule has 16 heavy (non-hydrogen) atoms. The van der Waals surface area contributed by atoms with Gasteiger partial charge in [0.25, 0.3) is 0 Å². The van der Waals surface area contributed by atoms with E-state index in [0.29, 0.717) is 18.3 Å². The highest BCUT2D eigenvalue weighted by atomic mass is 16.3. The molecule has 0 saturated heterocycles. The van der Waals surface area contributed by atoms with E-state index in [1.165, 1.54) is 0 Å². The minimum atomic E-state index is -0.278. The number of hydrogen-bond acceptors (Lipinski definition) is 2. The Balaban J connectivity index is 2.55. The molecule has 1 aliphatic rings. The molecule has 1 aliphatic carbocycles. The first-order valence-electron chi connectivity index (χ1n) is 6.74. The number of hydrogen-bond donors (Lipinski definition) is 2. The second kappa shape index (κ2) is 5.50. The van der Waals surface area contributed by atoms with E-state index in [1.54, 1.807) is 0 Å². The van der Waals surface area contributed by atoms with Gasteiger partial charge < -0.3 is 10.2 Å². The van der Waals surface area contributed by atoms with Gasteiger partial charge in [0.15, 0.2) is 0 Å². The standard InChI is InChI=1S/C14H28O2/c1-10(2)5-7-14(8-6-11(3)4)12(15)9-13(14)16/h10-13,15-16H,5-9H2,1-4H3. The molecule has 0 aliphatic heterocycles. The Bertz CT molecular complexity index is 189. The minimum absolute atomic E-state index is 0.186. The predicted molar refractivity (Wildman–Crippen MR) is 67.2 cm³/mol. The summed E-state index contributed by atoms with van der Waals surface area (Å²) in [6.07, 6.45) is 4.17. The van der Waals surface area contributed by atoms with E-state index >= 15 is 0 Å². The average molecular weight is 228 g/mol. The largest absolute Gasteiger partial charge is 0.392 e. The van der Waals surface area contributed by atoms with Crippen LogP contribution >= 0.6 is 0 Å². The van der Waals surface area contributed by atoms with Crippen LogP contribution in [0.1, 0.15) is 59.8 Å². The number of aliphatic hydroxyl groups is 2. The molecule has 2 heteroatoms. The van der Waals surface area contributed by atoms with Gasteiger partial charge in [-0.15, -0.1) is 0 Å². The zero-order valence-corrected chi connectivity index (χ0v) is 11.2. The Morgan fingerprint density at radius 3 is 1.56 bits per heavy atom. The Kier molecular flexibility index (Phi) is 4.81. The van der Waals surface area contributed by atoms with Crippen LogP contribution in [0.25, 0.3) is 0 Å². The second-order valence-electron chi connectivity index (χ2n) is 6.37. The van der Waals surface area contributed by atoms with E-state index in [0.717, 1.165) is 25.7 Å². The highest BCUT2D eigenvalue weighted by molar-refractivity contribution is 5.03. The van der Waals surface area contributed by atoms with Crippen LogP contribution in [0, 0.1) is 17.3 Å². The van der Waals surface area contributed by atoms with Gasteiger partial charge in [-0.1, -0.05) is 40.5 Å². The highest BCUT2D eigenvalue weighted by Gasteiger charge is 2.52. The zero-order chi connectivity index (χ0) is 12.3. The highest BCUT2D eigenvalue weighted by Crippen LogP contribution is 2.49. The first-order valence-corrected chi connectivity index (χ1v) is 6.74. The van der Waals surface area contributed by atoms with Crippen LogP contribution in [0.2, 0.25) is 0 Å². The normalized spacial score (nSPS) is 28.5. The quantitative estimate of drug-likeness (QED) is 0.734. The molecule has 0 heterocycles. The molecule has 0 aromatic rings. The number of aliphatic hydroxyl groups excluding tert-OH is 2. The zero-order valence-electron chi connectivity index (χ0n) is 11.2. The molecule has 1 saturated carbocycles. The van der Waals surface area contributed by atoms with Crippen LogP contribution in [0.15, 0.2) is 0 Å². The van der Waals surface area contributed by atoms with Gasteiger partial charge in [-0.05, 0) is 24.7 Å². The first kappa shape index (κ1) is 14.0. The van der Waals surface area contributed by atoms with Gasteiger partial charge in [-0.25, -0.2) is 0 Å². The van der Waals surface area contributed by atoms with E-state index in [9.17, 15) is 10.2 Å². The maximum absolute atomic E-state index is 9.99. The lowest BCUT2D eigenvalue weighted by molar-refractivity contribution is -0.178. The summed E-state index contributed by atoms with van der Waals surface area (Å²) in [4.78, 5) is 0. The molecule has 0 amide bonds. The summed E-state index contributed by atoms with van der Waals surface area (Å²) in [6.45, 7) is 8.81. The van der Waals surface area contributed by atoms with Gasteiger partial charge in [0.2, 0.25) is 0 Å². The molecular weight excluding hydrogens is 200 g/mol. The van der Waals surface area contributed by atoms with Crippen molar-refractivity contribution in [3.8, 4) is 0 Å². The molecule has 0 spiro atoms. The van der Waals surface area contributed by atoms with Gasteiger partial charge >= 0.3 is 0 Å². The molecule has 1 fully saturated rings. The van der Waals surface area contributed by atoms with Crippen LogP contribution in [0.3, 0.4) is 0 Å². The summed E-state index contributed by atoms with van der Waals surface area (Å²) in [7, 11) is 0. The Morgan fingerprint density at radius 2 is 1.31 bits per heavy atom. The molecule has 0 aromatic heterocycles. The summed E-state index contributed by atoms with van der Waals surface area (Å²) in [6, 6.07) is 0. The van der Waals surface area contributed by atoms with Crippen molar-refractivity contribution < 1.29 is 10.2 Å². The van der Waals surface area contributed by atoms with Crippen molar-refractivity contribution in [1.82, 2.24) is 0 Å². The lowest BCUT2D eigenvalue weighted by atomic mass is 9.58. The Hall–Kier alpha value is -0.0800. The van der Waals surface area contributed by atoms with Crippen molar-refractivity contribution in [2.75, 3.05) is 0 Å². The molecule has 0 bridgehead atoms. The Morgan fingerprint density at radius 1 is 0.938 bits per heavy atom. The van der Waals surface area contributed by atoms with Gasteiger partial charge in [-0.3, -0.25) is 0 Å². The molecule has 2 unspecified atom stereocenters. The monoisotopic (exact) mass is 228 g/mol. The van der Waals surface area contributed by atoms with Crippen molar-refractivity contribution in [1.29, 1.82) is 0 Å². The average Bonchev–Trinajstić information content (AvgIpc) is 2.17. The maximum Gasteiger partial charge on any atom is 0.0646 e. The lowest BCUT2D eigenvalue weighted by Crippen LogP contribution is -2.57. The van der Waals surface area contributed by atoms with Crippen LogP contribution in [-0.4, -0.2) is 22.4 Å². The topological polar surface area (TPSA) is 40.5 Å². The lowest BCUT2D eigenvalue weighted by Gasteiger charge is -2.52. The molecule has 2 nitrogen and oxygen atoms in total. The summed E-state index contributed by atoms with van der Waals surface area (Å²) >= 11 is 0. The predicted octanol–water partition coefficient (Wildman–Crippen LogP) is 2.97. The SMILES string of the molecule is CC(C)CCC1(CCC(C)C)C(O)CC1O. The van der Waals surface area contributed by atoms with Crippen LogP contribution in [0.4, 0.5) is 0 Å². The summed E-state index contributed by atoms with van der Waals surface area (Å²) in [5.74, 6) is 1.30. The number of rotatable bonds is 6. The summed E-state index contributed by atoms with van der Waals surface area (Å²) in [5, 5.41) is 20.0. The first-order chi connectivity index (χ1) is 7.38. The molecule has 96 valence electrons. The summed E-state index contributed by atoms with van der Waals surface area (Å²) in [5.41, 5.74) is -0.186. The molecule has 2 N–H and O–H groups in total. The smallest absolute Gasteiger partial charge is 0.0646 e. The maximum atomic E-state index is 9.99. The molecule has 1 rings (SSSR count). The van der Waals surface area contributed by atoms with Crippen LogP contribution in [-0.2, 0) is 0 Å². The minimum Gasteiger partial charge on any atom is -0.392 e. The third-order valence-corrected chi connectivity index (χ3v) is 4.15. The van der Waals surface area contributed by atoms with Crippen molar-refractivity contribution in [2.24, 2.45) is 17.3 Å². The fourth-order valence-corrected chi connectivity index (χ4v) is 2.65. The van der Waals surface area contributed by atoms with Crippen LogP contribution < -0.4 is 0 Å². The van der Waals surface area contributed by atoms with Crippen molar-refractivity contribution >= 4 is 0 Å². The van der Waals surface area contributed by atoms with E-state index in [4.69, 9.17) is 0 Å². The van der Waals surface area contributed by atoms with E-state index in [1.807, 2.05) is 0 Å². The molecule has 0 aromatic carbocycles. The van der Waals surface area contributed by atoms with Crippen molar-refractivity contribution in [2.45, 2.75) is 72.0 Å². The second-order valence-corrected chi connectivity index (χ2v) is 6.37. The van der Waals surface area contributed by atoms with E-state index < -0.39 is 0 Å². The summed E-state index contributed by atoms with van der Waals surface area (Å²) < 4.78 is 0. The van der Waals surface area contributed by atoms with Gasteiger partial charge in [0, 0.05) is 11.8 Å². The third kappa shape index (κ3) is 2.98. The molecular formula is C14H28O2. The molecule has 0 radical (unpaired) electrons. The van der Waals surface area contributed by atoms with Crippen LogP contribution in [0.5, 0.6) is 0 Å². The van der Waals surface area contributed by atoms with Crippen molar-refractivity contribution in [3.05, 3.63) is 0 Å². The molecule has 2 atom stereocenters. The van der Waals surface area contributed by atoms with Gasteiger partial charge in [0.05, 0.1) is 12.2 Å². The van der Waals surface area contributed by atoms with E-state index in [-0.39, 0.29) is 17.6 Å². The van der Waals surface area contributed by atoms with Crippen molar-refractivity contribution in [3.63, 3.8) is 0 Å². The van der Waals surface area contributed by atoms with E-state index in [2.05, 4.69) is 27.7 Å². The van der Waals surface area contributed by atoms with Gasteiger partial charge in [0.1, 0.15) is 0 Å². The fraction of sp³-hybridized carbons (Fsp3) is 1.00. The fourth-order valence-electron chi connectivity index (χ4n) is 2.65. The Labute approximate surface area is 100 Å². The van der Waals surface area contributed by atoms with Gasteiger partial charge in [-0.2, -0.15) is 0 Å².